The standard InChI is InChI=1S/C9H18N2O/c1-2-10-5-7-11(8-6-10)4-3-9-12/h2,12H,1,3-9H2. The highest BCUT2D eigenvalue weighted by molar-refractivity contribution is 4.78. The maximum atomic E-state index is 8.64. The molecule has 3 nitrogen and oxygen atoms in total. The molecule has 70 valence electrons. The van der Waals surface area contributed by atoms with E-state index in [4.69, 9.17) is 5.11 Å². The van der Waals surface area contributed by atoms with Gasteiger partial charge in [0.05, 0.1) is 0 Å². The van der Waals surface area contributed by atoms with Gasteiger partial charge in [-0.3, -0.25) is 4.90 Å². The summed E-state index contributed by atoms with van der Waals surface area (Å²) in [5.74, 6) is 0. The number of rotatable bonds is 4. The smallest absolute Gasteiger partial charge is 0.0443 e. The Kier molecular flexibility index (Phi) is 4.11. The maximum absolute atomic E-state index is 8.64. The van der Waals surface area contributed by atoms with E-state index in [1.54, 1.807) is 0 Å². The van der Waals surface area contributed by atoms with Gasteiger partial charge in [0.1, 0.15) is 0 Å². The third-order valence-corrected chi connectivity index (χ3v) is 2.30. The minimum absolute atomic E-state index is 0.307. The minimum Gasteiger partial charge on any atom is -0.396 e. The van der Waals surface area contributed by atoms with E-state index in [0.717, 1.165) is 39.1 Å². The average molecular weight is 170 g/mol. The normalized spacial score (nSPS) is 19.6. The summed E-state index contributed by atoms with van der Waals surface area (Å²) < 4.78 is 0. The number of aliphatic hydroxyl groups is 1. The molecule has 1 aliphatic heterocycles. The maximum Gasteiger partial charge on any atom is 0.0443 e. The lowest BCUT2D eigenvalue weighted by molar-refractivity contribution is 0.155. The molecule has 1 rings (SSSR count). The van der Waals surface area contributed by atoms with Gasteiger partial charge in [-0.05, 0) is 12.6 Å². The highest BCUT2D eigenvalue weighted by atomic mass is 16.3. The molecular formula is C9H18N2O. The summed E-state index contributed by atoms with van der Waals surface area (Å²) in [6.07, 6.45) is 2.80. The van der Waals surface area contributed by atoms with Crippen LogP contribution in [0.2, 0.25) is 0 Å². The molecule has 0 amide bonds. The second kappa shape index (κ2) is 5.17. The van der Waals surface area contributed by atoms with E-state index in [1.807, 2.05) is 6.20 Å². The first-order valence-corrected chi connectivity index (χ1v) is 4.56. The topological polar surface area (TPSA) is 26.7 Å². The fourth-order valence-electron chi connectivity index (χ4n) is 1.46. The van der Waals surface area contributed by atoms with E-state index >= 15 is 0 Å². The van der Waals surface area contributed by atoms with Gasteiger partial charge in [-0.25, -0.2) is 0 Å². The van der Waals surface area contributed by atoms with Crippen molar-refractivity contribution < 1.29 is 5.11 Å². The van der Waals surface area contributed by atoms with E-state index in [9.17, 15) is 0 Å². The lowest BCUT2D eigenvalue weighted by Crippen LogP contribution is -2.44. The van der Waals surface area contributed by atoms with Gasteiger partial charge in [-0.2, -0.15) is 0 Å². The van der Waals surface area contributed by atoms with E-state index < -0.39 is 0 Å². The molecule has 1 aliphatic rings. The first-order valence-electron chi connectivity index (χ1n) is 4.56. The molecule has 1 fully saturated rings. The quantitative estimate of drug-likeness (QED) is 0.649. The first kappa shape index (κ1) is 9.55. The Morgan fingerprint density at radius 2 is 1.92 bits per heavy atom. The number of hydrogen-bond acceptors (Lipinski definition) is 3. The van der Waals surface area contributed by atoms with E-state index in [-0.39, 0.29) is 0 Å². The van der Waals surface area contributed by atoms with Crippen molar-refractivity contribution in [2.24, 2.45) is 0 Å². The van der Waals surface area contributed by atoms with Crippen LogP contribution in [0.5, 0.6) is 0 Å². The SMILES string of the molecule is C=CN1CCN(CCCO)CC1. The largest absolute Gasteiger partial charge is 0.396 e. The predicted octanol–water partition coefficient (Wildman–Crippen LogP) is 0.130. The molecule has 1 N–H and O–H groups in total. The van der Waals surface area contributed by atoms with Crippen molar-refractivity contribution in [3.05, 3.63) is 12.8 Å². The summed E-state index contributed by atoms with van der Waals surface area (Å²) in [5.41, 5.74) is 0. The summed E-state index contributed by atoms with van der Waals surface area (Å²) in [6, 6.07) is 0. The summed E-state index contributed by atoms with van der Waals surface area (Å²) in [5, 5.41) is 8.64. The molecule has 0 atom stereocenters. The summed E-state index contributed by atoms with van der Waals surface area (Å²) in [6.45, 7) is 9.44. The molecule has 0 aliphatic carbocycles. The van der Waals surface area contributed by atoms with Gasteiger partial charge >= 0.3 is 0 Å². The van der Waals surface area contributed by atoms with Gasteiger partial charge in [0.15, 0.2) is 0 Å². The van der Waals surface area contributed by atoms with E-state index in [2.05, 4.69) is 16.4 Å². The van der Waals surface area contributed by atoms with Gasteiger partial charge in [0, 0.05) is 39.3 Å². The zero-order valence-corrected chi connectivity index (χ0v) is 7.58. The summed E-state index contributed by atoms with van der Waals surface area (Å²) >= 11 is 0. The van der Waals surface area contributed by atoms with Crippen molar-refractivity contribution in [2.75, 3.05) is 39.3 Å². The molecule has 0 aromatic rings. The van der Waals surface area contributed by atoms with Gasteiger partial charge in [0.25, 0.3) is 0 Å². The Labute approximate surface area is 74.3 Å². The van der Waals surface area contributed by atoms with Gasteiger partial charge in [0.2, 0.25) is 0 Å². The van der Waals surface area contributed by atoms with Crippen molar-refractivity contribution in [1.29, 1.82) is 0 Å². The van der Waals surface area contributed by atoms with Crippen LogP contribution in [-0.2, 0) is 0 Å². The molecule has 12 heavy (non-hydrogen) atoms. The predicted molar refractivity (Wildman–Crippen MR) is 49.9 cm³/mol. The summed E-state index contributed by atoms with van der Waals surface area (Å²) in [4.78, 5) is 4.62. The molecule has 0 saturated carbocycles. The lowest BCUT2D eigenvalue weighted by atomic mass is 10.3. The fourth-order valence-corrected chi connectivity index (χ4v) is 1.46. The summed E-state index contributed by atoms with van der Waals surface area (Å²) in [7, 11) is 0. The average Bonchev–Trinajstić information content (AvgIpc) is 2.15. The number of hydrogen-bond donors (Lipinski definition) is 1. The number of nitrogens with zero attached hydrogens (tertiary/aromatic N) is 2. The Balaban J connectivity index is 2.12. The van der Waals surface area contributed by atoms with Crippen molar-refractivity contribution in [3.63, 3.8) is 0 Å². The molecule has 0 unspecified atom stereocenters. The highest BCUT2D eigenvalue weighted by Gasteiger charge is 2.12. The zero-order chi connectivity index (χ0) is 8.81. The molecule has 0 aromatic heterocycles. The van der Waals surface area contributed by atoms with Crippen LogP contribution in [0, 0.1) is 0 Å². The van der Waals surface area contributed by atoms with Crippen molar-refractivity contribution in [1.82, 2.24) is 9.80 Å². The molecule has 0 aromatic carbocycles. The molecule has 1 heterocycles. The third kappa shape index (κ3) is 2.83. The van der Waals surface area contributed by atoms with Crippen molar-refractivity contribution >= 4 is 0 Å². The highest BCUT2D eigenvalue weighted by Crippen LogP contribution is 2.01. The van der Waals surface area contributed by atoms with Crippen molar-refractivity contribution in [3.8, 4) is 0 Å². The van der Waals surface area contributed by atoms with Crippen LogP contribution in [0.4, 0.5) is 0 Å². The molecule has 0 spiro atoms. The van der Waals surface area contributed by atoms with E-state index in [0.29, 0.717) is 6.61 Å². The molecule has 0 radical (unpaired) electrons. The van der Waals surface area contributed by atoms with Crippen LogP contribution < -0.4 is 0 Å². The van der Waals surface area contributed by atoms with Crippen LogP contribution in [-0.4, -0.2) is 54.2 Å². The fraction of sp³-hybridized carbons (Fsp3) is 0.778. The first-order chi connectivity index (χ1) is 5.86. The Bertz CT molecular complexity index is 130. The Morgan fingerprint density at radius 1 is 1.25 bits per heavy atom. The monoisotopic (exact) mass is 170 g/mol. The van der Waals surface area contributed by atoms with Crippen LogP contribution in [0.15, 0.2) is 12.8 Å². The Hall–Kier alpha value is -0.540. The molecule has 1 saturated heterocycles. The molecular weight excluding hydrogens is 152 g/mol. The van der Waals surface area contributed by atoms with Crippen LogP contribution in [0.1, 0.15) is 6.42 Å². The second-order valence-electron chi connectivity index (χ2n) is 3.14. The third-order valence-electron chi connectivity index (χ3n) is 2.30. The van der Waals surface area contributed by atoms with Gasteiger partial charge < -0.3 is 10.0 Å². The van der Waals surface area contributed by atoms with Crippen LogP contribution >= 0.6 is 0 Å². The lowest BCUT2D eigenvalue weighted by Gasteiger charge is -2.33. The zero-order valence-electron chi connectivity index (χ0n) is 7.58. The van der Waals surface area contributed by atoms with E-state index in [1.165, 1.54) is 0 Å². The van der Waals surface area contributed by atoms with Crippen LogP contribution in [0.25, 0.3) is 0 Å². The molecule has 0 bridgehead atoms. The second-order valence-corrected chi connectivity index (χ2v) is 3.14. The molecule has 3 heteroatoms. The Morgan fingerprint density at radius 3 is 2.42 bits per heavy atom. The van der Waals surface area contributed by atoms with Crippen molar-refractivity contribution in [2.45, 2.75) is 6.42 Å². The van der Waals surface area contributed by atoms with Crippen LogP contribution in [0.3, 0.4) is 0 Å². The number of piperazine rings is 1. The minimum atomic E-state index is 0.307. The number of aliphatic hydroxyl groups excluding tert-OH is 1. The van der Waals surface area contributed by atoms with Gasteiger partial charge in [-0.15, -0.1) is 0 Å². The van der Waals surface area contributed by atoms with Gasteiger partial charge in [-0.1, -0.05) is 6.58 Å².